The van der Waals surface area contributed by atoms with Crippen LogP contribution in [0, 0.1) is 4.77 Å². The molecule has 0 fully saturated rings. The summed E-state index contributed by atoms with van der Waals surface area (Å²) in [5.41, 5.74) is 5.22. The quantitative estimate of drug-likeness (QED) is 0.363. The number of aromatic nitrogens is 3. The Hall–Kier alpha value is -2.22. The maximum Gasteiger partial charge on any atom is 0.214 e. The first kappa shape index (κ1) is 22.5. The summed E-state index contributed by atoms with van der Waals surface area (Å²) in [6.45, 7) is 5.38. The first-order valence-corrected chi connectivity index (χ1v) is 10.9. The Morgan fingerprint density at radius 2 is 1.87 bits per heavy atom. The van der Waals surface area contributed by atoms with E-state index in [-0.39, 0.29) is 0 Å². The number of halogens is 2. The lowest BCUT2D eigenvalue weighted by Gasteiger charge is -2.16. The van der Waals surface area contributed by atoms with Crippen LogP contribution in [0.25, 0.3) is 0 Å². The van der Waals surface area contributed by atoms with E-state index in [1.165, 1.54) is 0 Å². The average Bonchev–Trinajstić information content (AvgIpc) is 3.07. The van der Waals surface area contributed by atoms with Crippen LogP contribution in [0.3, 0.4) is 0 Å². The van der Waals surface area contributed by atoms with Crippen LogP contribution in [0.4, 0.5) is 0 Å². The van der Waals surface area contributed by atoms with Gasteiger partial charge >= 0.3 is 0 Å². The summed E-state index contributed by atoms with van der Waals surface area (Å²) in [7, 11) is 0. The maximum atomic E-state index is 6.53. The van der Waals surface area contributed by atoms with E-state index in [1.54, 1.807) is 4.68 Å². The molecular weight excluding hydrogens is 443 g/mol. The Kier molecular flexibility index (Phi) is 8.01. The molecule has 30 heavy (non-hydrogen) atoms. The molecule has 0 aliphatic heterocycles. The minimum absolute atomic E-state index is 0.360. The Bertz CT molecular complexity index is 1030. The third-order valence-electron chi connectivity index (χ3n) is 4.32. The third kappa shape index (κ3) is 5.68. The second-order valence-electron chi connectivity index (χ2n) is 6.62. The Balaban J connectivity index is 1.76. The standard InChI is InChI=1S/C21H24Cl2N4O2S/c1-3-5-19-25-26-21(30)27(19)24-12-15-10-17(23)20(18(11-15)28-4-2)29-13-14-6-8-16(22)9-7-14/h6-11,24H,3-5,12-13H2,1-2H3,(H,26,30). The number of benzene rings is 2. The zero-order valence-corrected chi connectivity index (χ0v) is 19.2. The van der Waals surface area contributed by atoms with Crippen molar-refractivity contribution in [2.45, 2.75) is 39.8 Å². The fourth-order valence-electron chi connectivity index (χ4n) is 2.92. The maximum absolute atomic E-state index is 6.53. The number of H-pyrrole nitrogens is 1. The van der Waals surface area contributed by atoms with Crippen LogP contribution in [0.2, 0.25) is 10.0 Å². The minimum atomic E-state index is 0.360. The van der Waals surface area contributed by atoms with Gasteiger partial charge in [-0.25, -0.2) is 4.68 Å². The van der Waals surface area contributed by atoms with Gasteiger partial charge in [-0.2, -0.15) is 5.10 Å². The van der Waals surface area contributed by atoms with Crippen molar-refractivity contribution in [3.63, 3.8) is 0 Å². The van der Waals surface area contributed by atoms with Gasteiger partial charge in [0.2, 0.25) is 4.77 Å². The molecule has 0 unspecified atom stereocenters. The van der Waals surface area contributed by atoms with Crippen LogP contribution in [0.1, 0.15) is 37.2 Å². The topological polar surface area (TPSA) is 64.1 Å². The van der Waals surface area contributed by atoms with Crippen molar-refractivity contribution in [2.24, 2.45) is 0 Å². The van der Waals surface area contributed by atoms with Crippen LogP contribution in [0.15, 0.2) is 36.4 Å². The summed E-state index contributed by atoms with van der Waals surface area (Å²) >= 11 is 17.8. The Morgan fingerprint density at radius 1 is 1.10 bits per heavy atom. The number of hydrogen-bond acceptors (Lipinski definition) is 5. The number of ether oxygens (including phenoxy) is 2. The predicted octanol–water partition coefficient (Wildman–Crippen LogP) is 5.92. The monoisotopic (exact) mass is 466 g/mol. The zero-order valence-electron chi connectivity index (χ0n) is 16.9. The van der Waals surface area contributed by atoms with E-state index in [0.717, 1.165) is 29.8 Å². The molecule has 0 spiro atoms. The number of nitrogens with zero attached hydrogens (tertiary/aromatic N) is 2. The van der Waals surface area contributed by atoms with Crippen molar-refractivity contribution in [1.82, 2.24) is 14.9 Å². The fourth-order valence-corrected chi connectivity index (χ4v) is 3.55. The molecule has 0 amide bonds. The molecule has 9 heteroatoms. The van der Waals surface area contributed by atoms with E-state index in [1.807, 2.05) is 43.3 Å². The molecule has 0 saturated heterocycles. The molecule has 0 atom stereocenters. The van der Waals surface area contributed by atoms with E-state index in [9.17, 15) is 0 Å². The van der Waals surface area contributed by atoms with Crippen molar-refractivity contribution >= 4 is 35.4 Å². The van der Waals surface area contributed by atoms with Gasteiger partial charge in [0.15, 0.2) is 17.3 Å². The van der Waals surface area contributed by atoms with Crippen LogP contribution < -0.4 is 14.9 Å². The molecule has 3 aromatic rings. The van der Waals surface area contributed by atoms with Crippen LogP contribution in [0.5, 0.6) is 11.5 Å². The van der Waals surface area contributed by atoms with Gasteiger partial charge in [0.1, 0.15) is 6.61 Å². The van der Waals surface area contributed by atoms with Crippen LogP contribution in [-0.4, -0.2) is 21.5 Å². The van der Waals surface area contributed by atoms with Crippen LogP contribution in [-0.2, 0) is 19.6 Å². The molecule has 1 aromatic heterocycles. The molecule has 0 saturated carbocycles. The lowest BCUT2D eigenvalue weighted by Crippen LogP contribution is -2.17. The SMILES string of the molecule is CCCc1n[nH]c(=S)n1NCc1cc(Cl)c(OCc2ccc(Cl)cc2)c(OCC)c1. The van der Waals surface area contributed by atoms with Crippen LogP contribution >= 0.6 is 35.4 Å². The van der Waals surface area contributed by atoms with E-state index >= 15 is 0 Å². The number of aryl methyl sites for hydroxylation is 1. The second kappa shape index (κ2) is 10.7. The molecule has 6 nitrogen and oxygen atoms in total. The first-order valence-electron chi connectivity index (χ1n) is 9.74. The summed E-state index contributed by atoms with van der Waals surface area (Å²) in [5.74, 6) is 1.98. The molecule has 0 aliphatic carbocycles. The van der Waals surface area contributed by atoms with Gasteiger partial charge in [0, 0.05) is 11.4 Å². The van der Waals surface area contributed by atoms with E-state index in [0.29, 0.717) is 46.1 Å². The van der Waals surface area contributed by atoms with Crippen molar-refractivity contribution in [1.29, 1.82) is 0 Å². The molecule has 2 aromatic carbocycles. The molecule has 1 heterocycles. The summed E-state index contributed by atoms with van der Waals surface area (Å²) < 4.78 is 14.1. The van der Waals surface area contributed by atoms with E-state index in [2.05, 4.69) is 22.5 Å². The molecule has 160 valence electrons. The third-order valence-corrected chi connectivity index (χ3v) is 5.13. The summed E-state index contributed by atoms with van der Waals surface area (Å²) in [6.07, 6.45) is 1.80. The van der Waals surface area contributed by atoms with Crippen molar-refractivity contribution in [2.75, 3.05) is 12.0 Å². The molecule has 3 rings (SSSR count). The van der Waals surface area contributed by atoms with Gasteiger partial charge < -0.3 is 14.9 Å². The molecule has 0 radical (unpaired) electrons. The first-order chi connectivity index (χ1) is 14.5. The number of hydrogen-bond donors (Lipinski definition) is 2. The van der Waals surface area contributed by atoms with Gasteiger partial charge in [-0.1, -0.05) is 42.3 Å². The smallest absolute Gasteiger partial charge is 0.214 e. The molecule has 0 aliphatic rings. The van der Waals surface area contributed by atoms with Gasteiger partial charge in [0.05, 0.1) is 18.2 Å². The molecule has 0 bridgehead atoms. The fraction of sp³-hybridized carbons (Fsp3) is 0.333. The highest BCUT2D eigenvalue weighted by Crippen LogP contribution is 2.37. The largest absolute Gasteiger partial charge is 0.490 e. The zero-order chi connectivity index (χ0) is 21.5. The predicted molar refractivity (Wildman–Crippen MR) is 123 cm³/mol. The molecule has 2 N–H and O–H groups in total. The highest BCUT2D eigenvalue weighted by atomic mass is 35.5. The summed E-state index contributed by atoms with van der Waals surface area (Å²) in [5, 5.41) is 8.25. The normalized spacial score (nSPS) is 10.8. The van der Waals surface area contributed by atoms with Gasteiger partial charge in [0.25, 0.3) is 0 Å². The number of rotatable bonds is 10. The van der Waals surface area contributed by atoms with E-state index in [4.69, 9.17) is 44.9 Å². The Morgan fingerprint density at radius 3 is 2.57 bits per heavy atom. The highest BCUT2D eigenvalue weighted by molar-refractivity contribution is 7.71. The minimum Gasteiger partial charge on any atom is -0.490 e. The Labute approximate surface area is 191 Å². The van der Waals surface area contributed by atoms with E-state index < -0.39 is 0 Å². The van der Waals surface area contributed by atoms with Crippen molar-refractivity contribution < 1.29 is 9.47 Å². The summed E-state index contributed by atoms with van der Waals surface area (Å²) in [4.78, 5) is 0. The average molecular weight is 467 g/mol. The van der Waals surface area contributed by atoms with Gasteiger partial charge in [-0.15, -0.1) is 0 Å². The lowest BCUT2D eigenvalue weighted by molar-refractivity contribution is 0.269. The van der Waals surface area contributed by atoms with Crippen molar-refractivity contribution in [3.8, 4) is 11.5 Å². The lowest BCUT2D eigenvalue weighted by atomic mass is 10.2. The second-order valence-corrected chi connectivity index (χ2v) is 7.85. The summed E-state index contributed by atoms with van der Waals surface area (Å²) in [6, 6.07) is 11.3. The van der Waals surface area contributed by atoms with Gasteiger partial charge in [-0.05, 0) is 61.0 Å². The number of nitrogens with one attached hydrogen (secondary N) is 2. The number of aromatic amines is 1. The molecular formula is C21H24Cl2N4O2S. The van der Waals surface area contributed by atoms with Crippen molar-refractivity contribution in [3.05, 3.63) is 68.2 Å². The highest BCUT2D eigenvalue weighted by Gasteiger charge is 2.14. The van der Waals surface area contributed by atoms with Gasteiger partial charge in [-0.3, -0.25) is 5.10 Å².